The largest absolute Gasteiger partial charge is 0.466 e. The van der Waals surface area contributed by atoms with Crippen molar-refractivity contribution in [3.8, 4) is 0 Å². The molecule has 0 fully saturated rings. The number of carbonyl (C=O) groups is 2. The Morgan fingerprint density at radius 3 is 2.24 bits per heavy atom. The molecule has 0 aliphatic carbocycles. The number of hydrogen-bond acceptors (Lipinski definition) is 3. The molecule has 1 aromatic heterocycles. The number of urea groups is 1. The second kappa shape index (κ2) is 7.83. The topological polar surface area (TPSA) is 74.6 Å². The Balaban J connectivity index is 1.36. The van der Waals surface area contributed by atoms with Crippen LogP contribution in [0.4, 0.5) is 16.2 Å². The zero-order valence-electron chi connectivity index (χ0n) is 16.5. The summed E-state index contributed by atoms with van der Waals surface area (Å²) >= 11 is 0. The van der Waals surface area contributed by atoms with E-state index in [0.29, 0.717) is 41.5 Å². The highest BCUT2D eigenvalue weighted by molar-refractivity contribution is 6.05. The van der Waals surface area contributed by atoms with Crippen molar-refractivity contribution in [3.63, 3.8) is 0 Å². The minimum Gasteiger partial charge on any atom is -0.466 e. The quantitative estimate of drug-likeness (QED) is 0.679. The Hall–Kier alpha value is -3.54. The first-order valence-corrected chi connectivity index (χ1v) is 9.61. The average Bonchev–Trinajstić information content (AvgIpc) is 3.07. The van der Waals surface area contributed by atoms with Crippen molar-refractivity contribution in [1.82, 2.24) is 4.90 Å². The number of fused-ring (bicyclic) bond motifs is 1. The Morgan fingerprint density at radius 2 is 1.59 bits per heavy atom. The van der Waals surface area contributed by atoms with Gasteiger partial charge in [-0.3, -0.25) is 4.79 Å². The summed E-state index contributed by atoms with van der Waals surface area (Å²) < 4.78 is 5.40. The Kier molecular flexibility index (Phi) is 5.08. The molecule has 0 saturated carbocycles. The molecule has 0 atom stereocenters. The van der Waals surface area contributed by atoms with Crippen LogP contribution in [0.1, 0.15) is 33.0 Å². The smallest absolute Gasteiger partial charge is 0.322 e. The standard InChI is InChI=1S/C23H23N3O3/c1-15-13-21(16(2)29-15)22(27)24-19-7-9-20(10-8-19)25-23(28)26-12-11-17-5-3-4-6-18(17)14-26/h3-10,13H,11-12,14H2,1-2H3,(H,24,27)(H,25,28). The van der Waals surface area contributed by atoms with Gasteiger partial charge in [0, 0.05) is 24.5 Å². The fourth-order valence-electron chi connectivity index (χ4n) is 3.56. The van der Waals surface area contributed by atoms with E-state index >= 15 is 0 Å². The van der Waals surface area contributed by atoms with Crippen LogP contribution in [0.2, 0.25) is 0 Å². The highest BCUT2D eigenvalue weighted by Gasteiger charge is 2.20. The number of furan rings is 1. The van der Waals surface area contributed by atoms with Crippen LogP contribution < -0.4 is 10.6 Å². The number of nitrogens with one attached hydrogen (secondary N) is 2. The van der Waals surface area contributed by atoms with Crippen molar-refractivity contribution in [2.75, 3.05) is 17.2 Å². The number of benzene rings is 2. The molecule has 0 saturated heterocycles. The maximum atomic E-state index is 12.6. The van der Waals surface area contributed by atoms with E-state index in [1.807, 2.05) is 24.0 Å². The van der Waals surface area contributed by atoms with Gasteiger partial charge in [-0.1, -0.05) is 24.3 Å². The lowest BCUT2D eigenvalue weighted by molar-refractivity contribution is 0.102. The summed E-state index contributed by atoms with van der Waals surface area (Å²) in [5.74, 6) is 1.07. The molecule has 29 heavy (non-hydrogen) atoms. The van der Waals surface area contributed by atoms with Gasteiger partial charge in [-0.15, -0.1) is 0 Å². The summed E-state index contributed by atoms with van der Waals surface area (Å²) in [5, 5.41) is 5.77. The molecule has 4 rings (SSSR count). The highest BCUT2D eigenvalue weighted by atomic mass is 16.3. The Morgan fingerprint density at radius 1 is 0.931 bits per heavy atom. The van der Waals surface area contributed by atoms with Crippen molar-refractivity contribution in [2.45, 2.75) is 26.8 Å². The maximum Gasteiger partial charge on any atom is 0.322 e. The number of amides is 3. The Bertz CT molecular complexity index is 1050. The fraction of sp³-hybridized carbons (Fsp3) is 0.217. The zero-order chi connectivity index (χ0) is 20.4. The number of rotatable bonds is 3. The molecule has 2 N–H and O–H groups in total. The van der Waals surface area contributed by atoms with Gasteiger partial charge in [-0.05, 0) is 61.7 Å². The summed E-state index contributed by atoms with van der Waals surface area (Å²) in [6.45, 7) is 4.88. The molecule has 2 heterocycles. The van der Waals surface area contributed by atoms with Gasteiger partial charge in [0.25, 0.3) is 5.91 Å². The predicted octanol–water partition coefficient (Wildman–Crippen LogP) is 4.74. The van der Waals surface area contributed by atoms with Gasteiger partial charge in [0.1, 0.15) is 11.5 Å². The van der Waals surface area contributed by atoms with Gasteiger partial charge in [0.15, 0.2) is 0 Å². The van der Waals surface area contributed by atoms with Crippen molar-refractivity contribution in [1.29, 1.82) is 0 Å². The van der Waals surface area contributed by atoms with Crippen LogP contribution in [-0.2, 0) is 13.0 Å². The third-order valence-electron chi connectivity index (χ3n) is 5.10. The Labute approximate surface area is 169 Å². The molecular formula is C23H23N3O3. The molecule has 0 spiro atoms. The van der Waals surface area contributed by atoms with Gasteiger partial charge < -0.3 is 20.0 Å². The number of aryl methyl sites for hydroxylation is 2. The molecule has 3 amide bonds. The lowest BCUT2D eigenvalue weighted by Crippen LogP contribution is -2.38. The van der Waals surface area contributed by atoms with Crippen molar-refractivity contribution >= 4 is 23.3 Å². The molecule has 0 radical (unpaired) electrons. The number of nitrogens with zero attached hydrogens (tertiary/aromatic N) is 1. The third-order valence-corrected chi connectivity index (χ3v) is 5.10. The summed E-state index contributed by atoms with van der Waals surface area (Å²) in [7, 11) is 0. The van der Waals surface area contributed by atoms with Gasteiger partial charge in [0.2, 0.25) is 0 Å². The van der Waals surface area contributed by atoms with Crippen LogP contribution in [0.15, 0.2) is 59.0 Å². The monoisotopic (exact) mass is 389 g/mol. The van der Waals surface area contributed by atoms with Gasteiger partial charge in [0.05, 0.1) is 5.56 Å². The fourth-order valence-corrected chi connectivity index (χ4v) is 3.56. The van der Waals surface area contributed by atoms with Gasteiger partial charge >= 0.3 is 6.03 Å². The van der Waals surface area contributed by atoms with Crippen LogP contribution in [0.3, 0.4) is 0 Å². The molecule has 1 aliphatic rings. The van der Waals surface area contributed by atoms with Crippen LogP contribution in [-0.4, -0.2) is 23.4 Å². The van der Waals surface area contributed by atoms with Crippen molar-refractivity contribution in [3.05, 3.63) is 82.8 Å². The summed E-state index contributed by atoms with van der Waals surface area (Å²) in [6, 6.07) is 16.9. The van der Waals surface area contributed by atoms with E-state index in [1.165, 1.54) is 11.1 Å². The number of hydrogen-bond donors (Lipinski definition) is 2. The van der Waals surface area contributed by atoms with E-state index in [-0.39, 0.29) is 11.9 Å². The number of anilines is 2. The van der Waals surface area contributed by atoms with E-state index < -0.39 is 0 Å². The molecule has 0 unspecified atom stereocenters. The molecule has 0 bridgehead atoms. The first kappa shape index (κ1) is 18.8. The van der Waals surface area contributed by atoms with Crippen LogP contribution in [0, 0.1) is 13.8 Å². The highest BCUT2D eigenvalue weighted by Crippen LogP contribution is 2.21. The summed E-state index contributed by atoms with van der Waals surface area (Å²) in [6.07, 6.45) is 0.863. The maximum absolute atomic E-state index is 12.6. The molecule has 6 nitrogen and oxygen atoms in total. The second-order valence-electron chi connectivity index (χ2n) is 7.23. The minimum absolute atomic E-state index is 0.124. The van der Waals surface area contributed by atoms with Crippen molar-refractivity contribution < 1.29 is 14.0 Å². The van der Waals surface area contributed by atoms with E-state index in [9.17, 15) is 9.59 Å². The van der Waals surface area contributed by atoms with Crippen molar-refractivity contribution in [2.24, 2.45) is 0 Å². The second-order valence-corrected chi connectivity index (χ2v) is 7.23. The third kappa shape index (κ3) is 4.16. The molecule has 6 heteroatoms. The summed E-state index contributed by atoms with van der Waals surface area (Å²) in [5.41, 5.74) is 4.35. The predicted molar refractivity (Wildman–Crippen MR) is 112 cm³/mol. The normalized spacial score (nSPS) is 13.0. The first-order valence-electron chi connectivity index (χ1n) is 9.61. The summed E-state index contributed by atoms with van der Waals surface area (Å²) in [4.78, 5) is 26.8. The van der Waals surface area contributed by atoms with Crippen LogP contribution in [0.25, 0.3) is 0 Å². The van der Waals surface area contributed by atoms with Crippen LogP contribution in [0.5, 0.6) is 0 Å². The lowest BCUT2D eigenvalue weighted by Gasteiger charge is -2.29. The minimum atomic E-state index is -0.219. The molecule has 1 aliphatic heterocycles. The van der Waals surface area contributed by atoms with E-state index in [4.69, 9.17) is 4.42 Å². The van der Waals surface area contributed by atoms with Gasteiger partial charge in [-0.25, -0.2) is 4.79 Å². The van der Waals surface area contributed by atoms with E-state index in [0.717, 1.165) is 6.42 Å². The first-order chi connectivity index (χ1) is 14.0. The molecule has 2 aromatic carbocycles. The molecule has 148 valence electrons. The van der Waals surface area contributed by atoms with E-state index in [1.54, 1.807) is 37.3 Å². The van der Waals surface area contributed by atoms with E-state index in [2.05, 4.69) is 22.8 Å². The zero-order valence-corrected chi connectivity index (χ0v) is 16.5. The number of carbonyl (C=O) groups excluding carboxylic acids is 2. The lowest BCUT2D eigenvalue weighted by atomic mass is 10.0. The average molecular weight is 389 g/mol. The SMILES string of the molecule is Cc1cc(C(=O)Nc2ccc(NC(=O)N3CCc4ccccc4C3)cc2)c(C)o1. The molecular weight excluding hydrogens is 366 g/mol. The van der Waals surface area contributed by atoms with Gasteiger partial charge in [-0.2, -0.15) is 0 Å². The molecule has 3 aromatic rings. The van der Waals surface area contributed by atoms with Crippen LogP contribution >= 0.6 is 0 Å².